The summed E-state index contributed by atoms with van der Waals surface area (Å²) in [5.74, 6) is 0.174. The van der Waals surface area contributed by atoms with Crippen molar-refractivity contribution in [3.05, 3.63) is 42.1 Å². The van der Waals surface area contributed by atoms with Gasteiger partial charge in [-0.05, 0) is 18.2 Å². The summed E-state index contributed by atoms with van der Waals surface area (Å²) >= 11 is 0. The molecule has 1 aromatic heterocycles. The number of amides is 1. The molecular weight excluding hydrogens is 401 g/mol. The van der Waals surface area contributed by atoms with E-state index in [4.69, 9.17) is 0 Å². The van der Waals surface area contributed by atoms with Gasteiger partial charge in [-0.2, -0.15) is 0 Å². The van der Waals surface area contributed by atoms with Crippen molar-refractivity contribution in [3.8, 4) is 0 Å². The van der Waals surface area contributed by atoms with Crippen LogP contribution in [0.2, 0.25) is 0 Å². The predicted molar refractivity (Wildman–Crippen MR) is 86.6 cm³/mol. The Kier molecular flexibility index (Phi) is 4.60. The maximum atomic E-state index is 13.0. The minimum Gasteiger partial charge on any atom is -1.00 e. The summed E-state index contributed by atoms with van der Waals surface area (Å²) in [5.41, 5.74) is 1.67. The molecule has 0 N–H and O–H groups in total. The second-order valence-electron chi connectivity index (χ2n) is 6.93. The highest BCUT2D eigenvalue weighted by atomic mass is 127. The molecule has 5 heteroatoms. The smallest absolute Gasteiger partial charge is 0.254 e. The van der Waals surface area contributed by atoms with E-state index in [9.17, 15) is 4.79 Å². The van der Waals surface area contributed by atoms with Crippen molar-refractivity contribution in [2.75, 3.05) is 33.2 Å². The van der Waals surface area contributed by atoms with Gasteiger partial charge >= 0.3 is 0 Å². The quantitative estimate of drug-likeness (QED) is 0.449. The largest absolute Gasteiger partial charge is 1.00 e. The van der Waals surface area contributed by atoms with E-state index in [0.717, 1.165) is 46.9 Å². The second-order valence-corrected chi connectivity index (χ2v) is 6.93. The predicted octanol–water partition coefficient (Wildman–Crippen LogP) is -0.696. The number of aromatic nitrogens is 1. The summed E-state index contributed by atoms with van der Waals surface area (Å²) in [7, 11) is 2.32. The van der Waals surface area contributed by atoms with Crippen molar-refractivity contribution in [1.29, 1.82) is 0 Å². The summed E-state index contributed by atoms with van der Waals surface area (Å²) in [6, 6.07) is 10.3. The molecule has 3 fully saturated rings. The fourth-order valence-corrected chi connectivity index (χ4v) is 3.88. The highest BCUT2D eigenvalue weighted by molar-refractivity contribution is 5.98. The zero-order chi connectivity index (χ0) is 15.2. The molecule has 3 aliphatic rings. The van der Waals surface area contributed by atoms with Gasteiger partial charge in [0, 0.05) is 36.0 Å². The van der Waals surface area contributed by atoms with E-state index >= 15 is 0 Å². The van der Waals surface area contributed by atoms with Crippen LogP contribution in [0.25, 0.3) is 10.9 Å². The van der Waals surface area contributed by atoms with Crippen molar-refractivity contribution in [3.63, 3.8) is 0 Å². The van der Waals surface area contributed by atoms with Gasteiger partial charge in [-0.3, -0.25) is 9.78 Å². The lowest BCUT2D eigenvalue weighted by molar-refractivity contribution is -0.910. The number of nitrogens with zero attached hydrogens (tertiary/aromatic N) is 3. The lowest BCUT2D eigenvalue weighted by atomic mass is 10.0. The Bertz CT molecular complexity index is 725. The van der Waals surface area contributed by atoms with Crippen LogP contribution in [0.3, 0.4) is 0 Å². The molecule has 0 radical (unpaired) electrons. The highest BCUT2D eigenvalue weighted by Gasteiger charge is 2.39. The monoisotopic (exact) mass is 423 g/mol. The molecule has 0 aliphatic carbocycles. The van der Waals surface area contributed by atoms with Crippen molar-refractivity contribution < 1.29 is 33.3 Å². The van der Waals surface area contributed by atoms with Crippen LogP contribution >= 0.6 is 0 Å². The average molecular weight is 423 g/mol. The number of carbonyl (C=O) groups excluding carboxylic acids is 1. The maximum absolute atomic E-state index is 13.0. The Labute approximate surface area is 154 Å². The molecule has 5 rings (SSSR count). The van der Waals surface area contributed by atoms with E-state index in [1.165, 1.54) is 13.1 Å². The van der Waals surface area contributed by atoms with Gasteiger partial charge < -0.3 is 33.4 Å². The molecule has 4 nitrogen and oxygen atoms in total. The van der Waals surface area contributed by atoms with E-state index < -0.39 is 0 Å². The number of carbonyl (C=O) groups is 1. The number of halogens is 1. The third kappa shape index (κ3) is 3.08. The number of quaternary nitrogens is 1. The number of pyridine rings is 1. The molecule has 0 spiro atoms. The zero-order valence-corrected chi connectivity index (χ0v) is 15.6. The number of rotatable bonds is 1. The van der Waals surface area contributed by atoms with Crippen LogP contribution in [0.15, 0.2) is 36.5 Å². The van der Waals surface area contributed by atoms with Gasteiger partial charge in [-0.25, -0.2) is 0 Å². The number of piperidine rings is 1. The first kappa shape index (κ1) is 16.6. The molecule has 0 saturated carbocycles. The summed E-state index contributed by atoms with van der Waals surface area (Å²) in [6.45, 7) is 4.36. The van der Waals surface area contributed by atoms with Crippen LogP contribution in [0.1, 0.15) is 23.2 Å². The van der Waals surface area contributed by atoms with Crippen LogP contribution in [0, 0.1) is 0 Å². The maximum Gasteiger partial charge on any atom is 0.254 e. The first-order valence-corrected chi connectivity index (χ1v) is 8.14. The number of fused-ring (bicyclic) bond motifs is 5. The van der Waals surface area contributed by atoms with Crippen molar-refractivity contribution >= 4 is 16.8 Å². The highest BCUT2D eigenvalue weighted by Crippen LogP contribution is 2.27. The molecule has 2 aromatic rings. The molecule has 0 unspecified atom stereocenters. The normalized spacial score (nSPS) is 26.7. The van der Waals surface area contributed by atoms with Gasteiger partial charge in [0.25, 0.3) is 5.91 Å². The van der Waals surface area contributed by atoms with E-state index in [1.54, 1.807) is 6.20 Å². The van der Waals surface area contributed by atoms with E-state index in [0.29, 0.717) is 6.04 Å². The third-order valence-corrected chi connectivity index (χ3v) is 5.44. The van der Waals surface area contributed by atoms with Crippen molar-refractivity contribution in [2.24, 2.45) is 0 Å². The van der Waals surface area contributed by atoms with Gasteiger partial charge in [-0.15, -0.1) is 0 Å². The Balaban J connectivity index is 0.00000156. The summed E-state index contributed by atoms with van der Waals surface area (Å²) < 4.78 is 1.12. The third-order valence-electron chi connectivity index (χ3n) is 5.44. The molecule has 4 heterocycles. The summed E-state index contributed by atoms with van der Waals surface area (Å²) in [6.07, 6.45) is 4.05. The first-order chi connectivity index (χ1) is 10.6. The number of hydrogen-bond donors (Lipinski definition) is 0. The molecule has 1 aromatic carbocycles. The topological polar surface area (TPSA) is 33.2 Å². The molecular formula is C18H22IN3O. The summed E-state index contributed by atoms with van der Waals surface area (Å²) in [4.78, 5) is 19.5. The zero-order valence-electron chi connectivity index (χ0n) is 13.4. The standard InChI is InChI=1S/C18H22N3O.HI/c1-21-10-6-16(7-11-21)20(9-12-21)18(22)15-5-4-14-3-2-8-19-17(14)13-15;/h2-5,8,13,16H,6-7,9-12H2,1H3;1H/q+1;/p-1. The van der Waals surface area contributed by atoms with Crippen LogP contribution in [-0.2, 0) is 0 Å². The molecule has 0 atom stereocenters. The van der Waals surface area contributed by atoms with Crippen molar-refractivity contribution in [1.82, 2.24) is 9.88 Å². The Hall–Kier alpha value is -1.21. The minimum atomic E-state index is 0. The van der Waals surface area contributed by atoms with Crippen molar-refractivity contribution in [2.45, 2.75) is 18.9 Å². The summed E-state index contributed by atoms with van der Waals surface area (Å²) in [5, 5.41) is 1.08. The molecule has 23 heavy (non-hydrogen) atoms. The minimum absolute atomic E-state index is 0. The fourth-order valence-electron chi connectivity index (χ4n) is 3.88. The van der Waals surface area contributed by atoms with Gasteiger partial charge in [0.15, 0.2) is 0 Å². The number of likely N-dealkylation sites (N-methyl/N-ethyl adjacent to an activating group) is 1. The Morgan fingerprint density at radius 1 is 1.22 bits per heavy atom. The Morgan fingerprint density at radius 3 is 2.78 bits per heavy atom. The van der Waals surface area contributed by atoms with E-state index in [1.807, 2.05) is 30.3 Å². The van der Waals surface area contributed by atoms with Gasteiger partial charge in [0.1, 0.15) is 0 Å². The van der Waals surface area contributed by atoms with Gasteiger partial charge in [0.05, 0.1) is 38.7 Å². The lowest BCUT2D eigenvalue weighted by Crippen LogP contribution is -3.00. The van der Waals surface area contributed by atoms with Crippen LogP contribution in [0.4, 0.5) is 0 Å². The first-order valence-electron chi connectivity index (χ1n) is 8.14. The number of benzene rings is 1. The van der Waals surface area contributed by atoms with Crippen LogP contribution in [-0.4, -0.2) is 59.5 Å². The van der Waals surface area contributed by atoms with E-state index in [2.05, 4.69) is 16.9 Å². The van der Waals surface area contributed by atoms with E-state index in [-0.39, 0.29) is 29.9 Å². The fraction of sp³-hybridized carbons (Fsp3) is 0.444. The molecule has 2 bridgehead atoms. The van der Waals surface area contributed by atoms with Gasteiger partial charge in [0.2, 0.25) is 0 Å². The second kappa shape index (κ2) is 6.36. The van der Waals surface area contributed by atoms with Gasteiger partial charge in [-0.1, -0.05) is 12.1 Å². The molecule has 122 valence electrons. The Morgan fingerprint density at radius 2 is 2.00 bits per heavy atom. The van der Waals surface area contributed by atoms with Crippen LogP contribution in [0.5, 0.6) is 0 Å². The molecule has 3 saturated heterocycles. The average Bonchev–Trinajstić information content (AvgIpc) is 2.82. The van der Waals surface area contributed by atoms with Crippen LogP contribution < -0.4 is 24.0 Å². The molecule has 3 aliphatic heterocycles. The number of hydrogen-bond acceptors (Lipinski definition) is 2. The SMILES string of the molecule is C[N+]12CCC(CC1)N(C(=O)c1ccc3cccnc3c1)CC2.[I-]. The molecule has 1 amide bonds. The lowest BCUT2D eigenvalue weighted by Gasteiger charge is -2.36.